The molecule has 5 heteroatoms. The highest BCUT2D eigenvalue weighted by atomic mass is 16.5. The van der Waals surface area contributed by atoms with E-state index in [1.54, 1.807) is 48.5 Å². The minimum Gasteiger partial charge on any atom is -0.457 e. The van der Waals surface area contributed by atoms with Crippen molar-refractivity contribution in [2.24, 2.45) is 5.73 Å². The fourth-order valence-electron chi connectivity index (χ4n) is 1.95. The molecule has 5 nitrogen and oxygen atoms in total. The number of ketones is 1. The summed E-state index contributed by atoms with van der Waals surface area (Å²) in [7, 11) is 0. The van der Waals surface area contributed by atoms with Crippen LogP contribution in [0.25, 0.3) is 0 Å². The van der Waals surface area contributed by atoms with Crippen molar-refractivity contribution in [1.29, 1.82) is 0 Å². The van der Waals surface area contributed by atoms with Crippen molar-refractivity contribution in [3.05, 3.63) is 54.1 Å². The summed E-state index contributed by atoms with van der Waals surface area (Å²) in [5, 5.41) is 2.75. The predicted molar refractivity (Wildman–Crippen MR) is 89.9 cm³/mol. The lowest BCUT2D eigenvalue weighted by molar-refractivity contribution is -0.117. The van der Waals surface area contributed by atoms with Crippen LogP contribution < -0.4 is 15.8 Å². The monoisotopic (exact) mass is 312 g/mol. The van der Waals surface area contributed by atoms with Crippen molar-refractivity contribution in [2.75, 3.05) is 5.32 Å². The molecule has 1 unspecified atom stereocenters. The van der Waals surface area contributed by atoms with Gasteiger partial charge in [-0.15, -0.1) is 0 Å². The summed E-state index contributed by atoms with van der Waals surface area (Å²) in [6, 6.07) is 13.4. The molecule has 2 aromatic carbocycles. The maximum atomic E-state index is 11.8. The second-order valence-electron chi connectivity index (χ2n) is 5.21. The van der Waals surface area contributed by atoms with Crippen molar-refractivity contribution >= 4 is 17.4 Å². The molecule has 120 valence electrons. The Kier molecular flexibility index (Phi) is 5.49. The average Bonchev–Trinajstić information content (AvgIpc) is 2.54. The molecule has 1 atom stereocenters. The molecule has 0 aliphatic rings. The maximum Gasteiger partial charge on any atom is 0.241 e. The molecule has 2 rings (SSSR count). The summed E-state index contributed by atoms with van der Waals surface area (Å²) in [4.78, 5) is 23.1. The van der Waals surface area contributed by atoms with E-state index in [-0.39, 0.29) is 11.7 Å². The van der Waals surface area contributed by atoms with Crippen molar-refractivity contribution in [3.63, 3.8) is 0 Å². The average molecular weight is 312 g/mol. The summed E-state index contributed by atoms with van der Waals surface area (Å²) in [5.74, 6) is 0.983. The molecule has 0 bridgehead atoms. The largest absolute Gasteiger partial charge is 0.457 e. The Morgan fingerprint density at radius 2 is 1.83 bits per heavy atom. The molecule has 2 aromatic rings. The third-order valence-electron chi connectivity index (χ3n) is 3.37. The number of hydrogen-bond acceptors (Lipinski definition) is 4. The molecule has 0 spiro atoms. The third-order valence-corrected chi connectivity index (χ3v) is 3.37. The molecule has 0 aromatic heterocycles. The van der Waals surface area contributed by atoms with Gasteiger partial charge < -0.3 is 15.8 Å². The number of carbonyl (C=O) groups is 2. The fourth-order valence-corrected chi connectivity index (χ4v) is 1.95. The highest BCUT2D eigenvalue weighted by molar-refractivity contribution is 5.95. The van der Waals surface area contributed by atoms with E-state index in [1.807, 2.05) is 6.92 Å². The minimum atomic E-state index is -0.529. The van der Waals surface area contributed by atoms with Crippen molar-refractivity contribution < 1.29 is 14.3 Å². The second kappa shape index (κ2) is 7.56. The van der Waals surface area contributed by atoms with Gasteiger partial charge in [-0.05, 0) is 49.7 Å². The number of rotatable bonds is 6. The summed E-state index contributed by atoms with van der Waals surface area (Å²) in [5.41, 5.74) is 6.95. The van der Waals surface area contributed by atoms with E-state index in [0.29, 0.717) is 29.2 Å². The smallest absolute Gasteiger partial charge is 0.241 e. The van der Waals surface area contributed by atoms with Crippen LogP contribution in [0.1, 0.15) is 30.6 Å². The molecular formula is C18H20N2O3. The van der Waals surface area contributed by atoms with Crippen LogP contribution >= 0.6 is 0 Å². The van der Waals surface area contributed by atoms with Crippen LogP contribution in [0.15, 0.2) is 48.5 Å². The summed E-state index contributed by atoms with van der Waals surface area (Å²) >= 11 is 0. The molecule has 0 aliphatic carbocycles. The Hall–Kier alpha value is -2.66. The zero-order valence-corrected chi connectivity index (χ0v) is 13.2. The summed E-state index contributed by atoms with van der Waals surface area (Å²) in [6.07, 6.45) is 0.574. The number of benzene rings is 2. The van der Waals surface area contributed by atoms with E-state index in [4.69, 9.17) is 10.5 Å². The first-order valence-corrected chi connectivity index (χ1v) is 7.45. The van der Waals surface area contributed by atoms with Crippen LogP contribution in [0.5, 0.6) is 11.5 Å². The minimum absolute atomic E-state index is 0.00789. The number of hydrogen-bond donors (Lipinski definition) is 2. The summed E-state index contributed by atoms with van der Waals surface area (Å²) < 4.78 is 5.73. The molecule has 0 heterocycles. The van der Waals surface area contributed by atoms with E-state index in [0.717, 1.165) is 0 Å². The van der Waals surface area contributed by atoms with E-state index < -0.39 is 6.04 Å². The predicted octanol–water partition coefficient (Wildman–Crippen LogP) is 3.36. The van der Waals surface area contributed by atoms with E-state index in [1.165, 1.54) is 6.92 Å². The van der Waals surface area contributed by atoms with Gasteiger partial charge in [0.2, 0.25) is 5.91 Å². The zero-order valence-electron chi connectivity index (χ0n) is 13.2. The first-order chi connectivity index (χ1) is 11.0. The lowest BCUT2D eigenvalue weighted by atomic mass is 10.1. The highest BCUT2D eigenvalue weighted by Gasteiger charge is 2.11. The van der Waals surface area contributed by atoms with Gasteiger partial charge in [0.1, 0.15) is 11.5 Å². The van der Waals surface area contributed by atoms with E-state index >= 15 is 0 Å². The van der Waals surface area contributed by atoms with Gasteiger partial charge in [-0.1, -0.05) is 13.0 Å². The van der Waals surface area contributed by atoms with Crippen LogP contribution in [0.2, 0.25) is 0 Å². The SMILES string of the molecule is CCC(N)C(=O)Nc1cccc(Oc2ccc(C(C)=O)cc2)c1. The van der Waals surface area contributed by atoms with Gasteiger partial charge in [0.15, 0.2) is 5.78 Å². The van der Waals surface area contributed by atoms with Crippen molar-refractivity contribution in [2.45, 2.75) is 26.3 Å². The quantitative estimate of drug-likeness (QED) is 0.801. The van der Waals surface area contributed by atoms with E-state index in [9.17, 15) is 9.59 Å². The van der Waals surface area contributed by atoms with Gasteiger partial charge in [0, 0.05) is 17.3 Å². The number of nitrogens with one attached hydrogen (secondary N) is 1. The van der Waals surface area contributed by atoms with Crippen LogP contribution in [-0.2, 0) is 4.79 Å². The molecule has 1 amide bonds. The van der Waals surface area contributed by atoms with Gasteiger partial charge in [-0.2, -0.15) is 0 Å². The highest BCUT2D eigenvalue weighted by Crippen LogP contribution is 2.24. The van der Waals surface area contributed by atoms with Gasteiger partial charge >= 0.3 is 0 Å². The van der Waals surface area contributed by atoms with Gasteiger partial charge in [-0.3, -0.25) is 9.59 Å². The number of anilines is 1. The Morgan fingerprint density at radius 1 is 1.13 bits per heavy atom. The topological polar surface area (TPSA) is 81.4 Å². The number of nitrogens with two attached hydrogens (primary N) is 1. The first-order valence-electron chi connectivity index (χ1n) is 7.45. The number of ether oxygens (including phenoxy) is 1. The Labute approximate surface area is 135 Å². The van der Waals surface area contributed by atoms with Crippen LogP contribution in [0.4, 0.5) is 5.69 Å². The number of Topliss-reactive ketones (excluding diaryl/α,β-unsaturated/α-hetero) is 1. The molecular weight excluding hydrogens is 292 g/mol. The molecule has 23 heavy (non-hydrogen) atoms. The van der Waals surface area contributed by atoms with Gasteiger partial charge in [0.25, 0.3) is 0 Å². The Bertz CT molecular complexity index is 696. The standard InChI is InChI=1S/C18H20N2O3/c1-3-17(19)18(22)20-14-5-4-6-16(11-14)23-15-9-7-13(8-10-15)12(2)21/h4-11,17H,3,19H2,1-2H3,(H,20,22). The zero-order chi connectivity index (χ0) is 16.8. The number of amides is 1. The molecule has 0 aliphatic heterocycles. The fraction of sp³-hybridized carbons (Fsp3) is 0.222. The lowest BCUT2D eigenvalue weighted by Crippen LogP contribution is -2.34. The van der Waals surface area contributed by atoms with E-state index in [2.05, 4.69) is 5.32 Å². The van der Waals surface area contributed by atoms with Crippen molar-refractivity contribution in [1.82, 2.24) is 0 Å². The first kappa shape index (κ1) is 16.7. The Balaban J connectivity index is 2.07. The van der Waals surface area contributed by atoms with Gasteiger partial charge in [-0.25, -0.2) is 0 Å². The summed E-state index contributed by atoms with van der Waals surface area (Å²) in [6.45, 7) is 3.37. The molecule has 0 saturated heterocycles. The third kappa shape index (κ3) is 4.66. The molecule has 0 radical (unpaired) electrons. The second-order valence-corrected chi connectivity index (χ2v) is 5.21. The maximum absolute atomic E-state index is 11.8. The lowest BCUT2D eigenvalue weighted by Gasteiger charge is -2.11. The Morgan fingerprint density at radius 3 is 2.43 bits per heavy atom. The van der Waals surface area contributed by atoms with Crippen LogP contribution in [0.3, 0.4) is 0 Å². The van der Waals surface area contributed by atoms with Crippen LogP contribution in [0, 0.1) is 0 Å². The number of carbonyl (C=O) groups excluding carboxylic acids is 2. The molecule has 3 N–H and O–H groups in total. The normalized spacial score (nSPS) is 11.6. The molecule has 0 fully saturated rings. The van der Waals surface area contributed by atoms with Crippen LogP contribution in [-0.4, -0.2) is 17.7 Å². The van der Waals surface area contributed by atoms with Crippen molar-refractivity contribution in [3.8, 4) is 11.5 Å². The molecule has 0 saturated carbocycles. The van der Waals surface area contributed by atoms with Gasteiger partial charge in [0.05, 0.1) is 6.04 Å².